The van der Waals surface area contributed by atoms with Gasteiger partial charge in [0.15, 0.2) is 6.10 Å². The maximum Gasteiger partial charge on any atom is 0.280 e. The summed E-state index contributed by atoms with van der Waals surface area (Å²) in [7, 11) is 0. The Morgan fingerprint density at radius 1 is 1.28 bits per heavy atom. The van der Waals surface area contributed by atoms with Crippen molar-refractivity contribution in [2.45, 2.75) is 13.0 Å². The predicted molar refractivity (Wildman–Crippen MR) is 102 cm³/mol. The third-order valence-corrected chi connectivity index (χ3v) is 3.80. The van der Waals surface area contributed by atoms with Gasteiger partial charge in [0, 0.05) is 0 Å². The number of carbonyl (C=O) groups is 1. The fourth-order valence-electron chi connectivity index (χ4n) is 1.85. The Bertz CT molecular complexity index is 745. The smallest absolute Gasteiger partial charge is 0.280 e. The van der Waals surface area contributed by atoms with Crippen LogP contribution in [0.2, 0.25) is 0 Å². The summed E-state index contributed by atoms with van der Waals surface area (Å²) in [5.41, 5.74) is 3.30. The number of ether oxygens (including phenoxy) is 2. The molecule has 5 nitrogen and oxygen atoms in total. The third-order valence-electron chi connectivity index (χ3n) is 3.15. The van der Waals surface area contributed by atoms with Crippen LogP contribution in [-0.4, -0.2) is 24.8 Å². The Morgan fingerprint density at radius 3 is 2.68 bits per heavy atom. The SMILES string of the molecule is C=CCOc1ccc(C=NNC(=O)C(C)Oc2ccccc2Br)cc1. The molecule has 6 heteroatoms. The lowest BCUT2D eigenvalue weighted by Gasteiger charge is -2.13. The zero-order valence-corrected chi connectivity index (χ0v) is 15.4. The number of carbonyl (C=O) groups excluding carboxylic acids is 1. The molecule has 0 aliphatic heterocycles. The molecule has 1 atom stereocenters. The minimum absolute atomic E-state index is 0.335. The maximum absolute atomic E-state index is 12.0. The number of rotatable bonds is 8. The van der Waals surface area contributed by atoms with Crippen molar-refractivity contribution in [3.63, 3.8) is 0 Å². The monoisotopic (exact) mass is 402 g/mol. The highest BCUT2D eigenvalue weighted by atomic mass is 79.9. The number of halogens is 1. The van der Waals surface area contributed by atoms with Gasteiger partial charge >= 0.3 is 0 Å². The van der Waals surface area contributed by atoms with Crippen molar-refractivity contribution in [1.82, 2.24) is 5.43 Å². The van der Waals surface area contributed by atoms with E-state index in [0.29, 0.717) is 12.4 Å². The molecule has 0 bridgehead atoms. The number of hydrazone groups is 1. The van der Waals surface area contributed by atoms with Crippen LogP contribution in [0, 0.1) is 0 Å². The van der Waals surface area contributed by atoms with E-state index < -0.39 is 6.10 Å². The first-order valence-electron chi connectivity index (χ1n) is 7.68. The minimum Gasteiger partial charge on any atom is -0.490 e. The minimum atomic E-state index is -0.675. The van der Waals surface area contributed by atoms with Crippen LogP contribution in [0.1, 0.15) is 12.5 Å². The number of amides is 1. The molecule has 1 unspecified atom stereocenters. The average molecular weight is 403 g/mol. The van der Waals surface area contributed by atoms with Crippen molar-refractivity contribution in [1.29, 1.82) is 0 Å². The summed E-state index contributed by atoms with van der Waals surface area (Å²) in [4.78, 5) is 12.0. The largest absolute Gasteiger partial charge is 0.490 e. The van der Waals surface area contributed by atoms with Gasteiger partial charge in [0.25, 0.3) is 5.91 Å². The molecule has 25 heavy (non-hydrogen) atoms. The van der Waals surface area contributed by atoms with Gasteiger partial charge in [0.2, 0.25) is 0 Å². The average Bonchev–Trinajstić information content (AvgIpc) is 2.62. The van der Waals surface area contributed by atoms with E-state index >= 15 is 0 Å². The first-order chi connectivity index (χ1) is 12.1. The van der Waals surface area contributed by atoms with Gasteiger partial charge in [-0.3, -0.25) is 4.79 Å². The van der Waals surface area contributed by atoms with E-state index in [1.165, 1.54) is 0 Å². The van der Waals surface area contributed by atoms with Crippen LogP contribution < -0.4 is 14.9 Å². The highest BCUT2D eigenvalue weighted by Gasteiger charge is 2.14. The molecule has 1 N–H and O–H groups in total. The summed E-state index contributed by atoms with van der Waals surface area (Å²) in [5, 5.41) is 3.95. The number of hydrogen-bond donors (Lipinski definition) is 1. The van der Waals surface area contributed by atoms with Crippen molar-refractivity contribution < 1.29 is 14.3 Å². The molecule has 0 spiro atoms. The summed E-state index contributed by atoms with van der Waals surface area (Å²) < 4.78 is 11.8. The summed E-state index contributed by atoms with van der Waals surface area (Å²) in [6.45, 7) is 5.72. The first kappa shape index (κ1) is 18.7. The number of benzene rings is 2. The van der Waals surface area contributed by atoms with Crippen LogP contribution in [0.4, 0.5) is 0 Å². The van der Waals surface area contributed by atoms with Crippen LogP contribution in [0.3, 0.4) is 0 Å². The lowest BCUT2D eigenvalue weighted by molar-refractivity contribution is -0.127. The van der Waals surface area contributed by atoms with E-state index in [2.05, 4.69) is 33.0 Å². The highest BCUT2D eigenvalue weighted by Crippen LogP contribution is 2.24. The molecule has 0 fully saturated rings. The van der Waals surface area contributed by atoms with Gasteiger partial charge in [-0.2, -0.15) is 5.10 Å². The van der Waals surface area contributed by atoms with Crippen molar-refractivity contribution in [3.8, 4) is 11.5 Å². The van der Waals surface area contributed by atoms with E-state index in [9.17, 15) is 4.79 Å². The van der Waals surface area contributed by atoms with Crippen LogP contribution in [0.25, 0.3) is 0 Å². The quantitative estimate of drug-likeness (QED) is 0.413. The van der Waals surface area contributed by atoms with Gasteiger partial charge in [-0.1, -0.05) is 24.8 Å². The lowest BCUT2D eigenvalue weighted by Crippen LogP contribution is -2.33. The van der Waals surface area contributed by atoms with Crippen molar-refractivity contribution >= 4 is 28.1 Å². The molecule has 2 aromatic rings. The molecule has 0 radical (unpaired) electrons. The van der Waals surface area contributed by atoms with Crippen LogP contribution in [0.5, 0.6) is 11.5 Å². The zero-order chi connectivity index (χ0) is 18.1. The molecule has 0 saturated heterocycles. The molecule has 2 rings (SSSR count). The first-order valence-corrected chi connectivity index (χ1v) is 8.47. The number of nitrogens with one attached hydrogen (secondary N) is 1. The van der Waals surface area contributed by atoms with Gasteiger partial charge in [-0.25, -0.2) is 5.43 Å². The topological polar surface area (TPSA) is 59.9 Å². The molecule has 0 aliphatic rings. The number of para-hydroxylation sites is 1. The predicted octanol–water partition coefficient (Wildman–Crippen LogP) is 3.93. The van der Waals surface area contributed by atoms with Gasteiger partial charge in [0.05, 0.1) is 10.7 Å². The molecular weight excluding hydrogens is 384 g/mol. The fourth-order valence-corrected chi connectivity index (χ4v) is 2.23. The second-order valence-electron chi connectivity index (χ2n) is 5.09. The van der Waals surface area contributed by atoms with Gasteiger partial charge in [-0.15, -0.1) is 0 Å². The van der Waals surface area contributed by atoms with Crippen LogP contribution in [0.15, 0.2) is 70.8 Å². The Kier molecular flexibility index (Phi) is 7.22. The van der Waals surface area contributed by atoms with Gasteiger partial charge in [0.1, 0.15) is 18.1 Å². The van der Waals surface area contributed by atoms with Gasteiger partial charge < -0.3 is 9.47 Å². The second-order valence-corrected chi connectivity index (χ2v) is 5.95. The maximum atomic E-state index is 12.0. The van der Waals surface area contributed by atoms with E-state index in [1.54, 1.807) is 25.3 Å². The second kappa shape index (κ2) is 9.64. The zero-order valence-electron chi connectivity index (χ0n) is 13.8. The van der Waals surface area contributed by atoms with Crippen molar-refractivity contribution in [3.05, 3.63) is 71.2 Å². The molecule has 0 aliphatic carbocycles. The molecule has 0 aromatic heterocycles. The summed E-state index contributed by atoms with van der Waals surface area (Å²) in [5.74, 6) is 1.01. The van der Waals surface area contributed by atoms with E-state index in [1.807, 2.05) is 42.5 Å². The van der Waals surface area contributed by atoms with Gasteiger partial charge in [-0.05, 0) is 64.8 Å². The van der Waals surface area contributed by atoms with Crippen molar-refractivity contribution in [2.24, 2.45) is 5.10 Å². The standard InChI is InChI=1S/C19H19BrN2O3/c1-3-12-24-16-10-8-15(9-11-16)13-21-22-19(23)14(2)25-18-7-5-4-6-17(18)20/h3-11,13-14H,1,12H2,2H3,(H,22,23). The number of nitrogens with zero attached hydrogens (tertiary/aromatic N) is 1. The lowest BCUT2D eigenvalue weighted by atomic mass is 10.2. The van der Waals surface area contributed by atoms with E-state index in [-0.39, 0.29) is 5.91 Å². The Balaban J connectivity index is 1.85. The molecular formula is C19H19BrN2O3. The molecule has 0 heterocycles. The Labute approximate surface area is 155 Å². The number of hydrogen-bond acceptors (Lipinski definition) is 4. The van der Waals surface area contributed by atoms with E-state index in [0.717, 1.165) is 15.8 Å². The third kappa shape index (κ3) is 6.08. The fraction of sp³-hybridized carbons (Fsp3) is 0.158. The van der Waals surface area contributed by atoms with Crippen LogP contribution in [-0.2, 0) is 4.79 Å². The normalized spacial score (nSPS) is 11.8. The highest BCUT2D eigenvalue weighted by molar-refractivity contribution is 9.10. The van der Waals surface area contributed by atoms with Crippen molar-refractivity contribution in [2.75, 3.05) is 6.61 Å². The van der Waals surface area contributed by atoms with Crippen LogP contribution >= 0.6 is 15.9 Å². The summed E-state index contributed by atoms with van der Waals surface area (Å²) >= 11 is 3.38. The summed E-state index contributed by atoms with van der Waals surface area (Å²) in [6, 6.07) is 14.7. The molecule has 1 amide bonds. The molecule has 2 aromatic carbocycles. The molecule has 130 valence electrons. The Morgan fingerprint density at radius 2 is 2.00 bits per heavy atom. The molecule has 0 saturated carbocycles. The summed E-state index contributed by atoms with van der Waals surface area (Å²) in [6.07, 6.45) is 2.56. The van der Waals surface area contributed by atoms with E-state index in [4.69, 9.17) is 9.47 Å². The Hall–Kier alpha value is -2.60.